The van der Waals surface area contributed by atoms with E-state index in [1.165, 1.54) is 0 Å². The predicted molar refractivity (Wildman–Crippen MR) is 89.3 cm³/mol. The van der Waals surface area contributed by atoms with Crippen LogP contribution in [0.3, 0.4) is 0 Å². The molecule has 3 rings (SSSR count). The molecule has 24 heavy (non-hydrogen) atoms. The molecule has 0 bridgehead atoms. The van der Waals surface area contributed by atoms with Gasteiger partial charge in [0, 0.05) is 44.5 Å². The first-order valence-corrected chi connectivity index (χ1v) is 8.51. The maximum atomic E-state index is 12.6. The average molecular weight is 329 g/mol. The van der Waals surface area contributed by atoms with Crippen molar-refractivity contribution in [2.75, 3.05) is 19.6 Å². The zero-order valence-corrected chi connectivity index (χ0v) is 14.2. The SMILES string of the molecule is CCN(CC)C(=O)N1CCCC1Cc1noc(-c2cccnc2)n1. The molecule has 3 heterocycles. The monoisotopic (exact) mass is 329 g/mol. The number of hydrogen-bond acceptors (Lipinski definition) is 5. The molecule has 1 atom stereocenters. The second-order valence-electron chi connectivity index (χ2n) is 5.91. The van der Waals surface area contributed by atoms with Crippen LogP contribution in [0.5, 0.6) is 0 Å². The van der Waals surface area contributed by atoms with Gasteiger partial charge in [0.15, 0.2) is 5.82 Å². The number of aromatic nitrogens is 3. The molecule has 0 radical (unpaired) electrons. The number of urea groups is 1. The molecule has 0 aromatic carbocycles. The number of likely N-dealkylation sites (tertiary alicyclic amines) is 1. The van der Waals surface area contributed by atoms with E-state index in [1.807, 2.05) is 35.8 Å². The summed E-state index contributed by atoms with van der Waals surface area (Å²) in [6.07, 6.45) is 6.02. The van der Waals surface area contributed by atoms with Crippen LogP contribution in [0.2, 0.25) is 0 Å². The molecule has 1 aliphatic heterocycles. The summed E-state index contributed by atoms with van der Waals surface area (Å²) < 4.78 is 5.33. The van der Waals surface area contributed by atoms with E-state index in [0.717, 1.165) is 38.0 Å². The summed E-state index contributed by atoms with van der Waals surface area (Å²) in [5, 5.41) is 4.07. The van der Waals surface area contributed by atoms with Crippen molar-refractivity contribution in [2.24, 2.45) is 0 Å². The summed E-state index contributed by atoms with van der Waals surface area (Å²) in [6, 6.07) is 3.97. The largest absolute Gasteiger partial charge is 0.334 e. The molecule has 1 fully saturated rings. The Bertz CT molecular complexity index is 669. The van der Waals surface area contributed by atoms with Crippen molar-refractivity contribution in [3.63, 3.8) is 0 Å². The number of pyridine rings is 1. The number of amides is 2. The minimum Gasteiger partial charge on any atom is -0.334 e. The fourth-order valence-corrected chi connectivity index (χ4v) is 3.13. The number of hydrogen-bond donors (Lipinski definition) is 0. The molecule has 1 aliphatic rings. The number of carbonyl (C=O) groups is 1. The molecule has 0 saturated carbocycles. The first-order chi connectivity index (χ1) is 11.7. The van der Waals surface area contributed by atoms with Crippen LogP contribution < -0.4 is 0 Å². The van der Waals surface area contributed by atoms with Crippen LogP contribution in [0.4, 0.5) is 4.79 Å². The van der Waals surface area contributed by atoms with Crippen molar-refractivity contribution in [3.8, 4) is 11.5 Å². The van der Waals surface area contributed by atoms with Crippen molar-refractivity contribution in [3.05, 3.63) is 30.4 Å². The molecule has 2 amide bonds. The van der Waals surface area contributed by atoms with Gasteiger partial charge in [0.05, 0.1) is 5.56 Å². The fourth-order valence-electron chi connectivity index (χ4n) is 3.13. The van der Waals surface area contributed by atoms with Crippen LogP contribution >= 0.6 is 0 Å². The minimum absolute atomic E-state index is 0.110. The van der Waals surface area contributed by atoms with Gasteiger partial charge in [-0.25, -0.2) is 4.79 Å². The van der Waals surface area contributed by atoms with E-state index < -0.39 is 0 Å². The number of nitrogens with zero attached hydrogens (tertiary/aromatic N) is 5. The normalized spacial score (nSPS) is 17.2. The van der Waals surface area contributed by atoms with Crippen LogP contribution in [-0.2, 0) is 6.42 Å². The Balaban J connectivity index is 1.69. The highest BCUT2D eigenvalue weighted by molar-refractivity contribution is 5.75. The average Bonchev–Trinajstić information content (AvgIpc) is 3.26. The second kappa shape index (κ2) is 7.42. The summed E-state index contributed by atoms with van der Waals surface area (Å²) in [5.74, 6) is 1.11. The van der Waals surface area contributed by atoms with E-state index in [9.17, 15) is 4.79 Å². The van der Waals surface area contributed by atoms with Crippen molar-refractivity contribution in [1.82, 2.24) is 24.9 Å². The van der Waals surface area contributed by atoms with Gasteiger partial charge in [-0.2, -0.15) is 4.98 Å². The lowest BCUT2D eigenvalue weighted by molar-refractivity contribution is 0.151. The molecule has 0 aliphatic carbocycles. The van der Waals surface area contributed by atoms with Crippen molar-refractivity contribution in [2.45, 2.75) is 39.2 Å². The van der Waals surface area contributed by atoms with Gasteiger partial charge in [-0.1, -0.05) is 5.16 Å². The summed E-state index contributed by atoms with van der Waals surface area (Å²) in [6.45, 7) is 6.27. The Morgan fingerprint density at radius 2 is 2.25 bits per heavy atom. The number of carbonyl (C=O) groups excluding carboxylic acids is 1. The highest BCUT2D eigenvalue weighted by Crippen LogP contribution is 2.23. The molecule has 128 valence electrons. The van der Waals surface area contributed by atoms with Crippen molar-refractivity contribution < 1.29 is 9.32 Å². The molecule has 1 unspecified atom stereocenters. The minimum atomic E-state index is 0.110. The van der Waals surface area contributed by atoms with Crippen LogP contribution in [0, 0.1) is 0 Å². The van der Waals surface area contributed by atoms with Crippen LogP contribution in [0.25, 0.3) is 11.5 Å². The Hall–Kier alpha value is -2.44. The summed E-state index contributed by atoms with van der Waals surface area (Å²) in [5.41, 5.74) is 0.804. The van der Waals surface area contributed by atoms with Crippen LogP contribution in [0.1, 0.15) is 32.5 Å². The maximum Gasteiger partial charge on any atom is 0.320 e. The third kappa shape index (κ3) is 3.39. The zero-order chi connectivity index (χ0) is 16.9. The van der Waals surface area contributed by atoms with E-state index >= 15 is 0 Å². The Labute approximate surface area is 141 Å². The van der Waals surface area contributed by atoms with Gasteiger partial charge in [0.25, 0.3) is 5.89 Å². The fraction of sp³-hybridized carbons (Fsp3) is 0.529. The molecule has 7 nitrogen and oxygen atoms in total. The van der Waals surface area contributed by atoms with E-state index in [0.29, 0.717) is 18.1 Å². The first kappa shape index (κ1) is 16.4. The summed E-state index contributed by atoms with van der Waals surface area (Å²) >= 11 is 0. The van der Waals surface area contributed by atoms with E-state index in [-0.39, 0.29) is 12.1 Å². The zero-order valence-electron chi connectivity index (χ0n) is 14.2. The third-order valence-corrected chi connectivity index (χ3v) is 4.45. The smallest absolute Gasteiger partial charge is 0.320 e. The Morgan fingerprint density at radius 3 is 2.96 bits per heavy atom. The summed E-state index contributed by atoms with van der Waals surface area (Å²) in [7, 11) is 0. The van der Waals surface area contributed by atoms with Crippen molar-refractivity contribution >= 4 is 6.03 Å². The highest BCUT2D eigenvalue weighted by Gasteiger charge is 2.32. The van der Waals surface area contributed by atoms with Crippen molar-refractivity contribution in [1.29, 1.82) is 0 Å². The molecule has 2 aromatic heterocycles. The van der Waals surface area contributed by atoms with E-state index in [2.05, 4.69) is 15.1 Å². The highest BCUT2D eigenvalue weighted by atomic mass is 16.5. The van der Waals surface area contributed by atoms with Crippen LogP contribution in [-0.4, -0.2) is 56.6 Å². The van der Waals surface area contributed by atoms with Gasteiger partial charge in [0.1, 0.15) is 0 Å². The van der Waals surface area contributed by atoms with Crippen LogP contribution in [0.15, 0.2) is 29.0 Å². The summed E-state index contributed by atoms with van der Waals surface area (Å²) in [4.78, 5) is 24.9. The molecular weight excluding hydrogens is 306 g/mol. The molecule has 2 aromatic rings. The predicted octanol–water partition coefficient (Wildman–Crippen LogP) is 2.60. The van der Waals surface area contributed by atoms with Gasteiger partial charge in [-0.3, -0.25) is 4.98 Å². The molecule has 7 heteroatoms. The maximum absolute atomic E-state index is 12.6. The van der Waals surface area contributed by atoms with Gasteiger partial charge < -0.3 is 14.3 Å². The van der Waals surface area contributed by atoms with E-state index in [1.54, 1.807) is 12.4 Å². The second-order valence-corrected chi connectivity index (χ2v) is 5.91. The van der Waals surface area contributed by atoms with Gasteiger partial charge in [-0.15, -0.1) is 0 Å². The van der Waals surface area contributed by atoms with Gasteiger partial charge in [-0.05, 0) is 38.8 Å². The van der Waals surface area contributed by atoms with E-state index in [4.69, 9.17) is 4.52 Å². The standard InChI is InChI=1S/C17H23N5O2/c1-3-21(4-2)17(23)22-10-6-8-14(22)11-15-19-16(24-20-15)13-7-5-9-18-12-13/h5,7,9,12,14H,3-4,6,8,10-11H2,1-2H3. The lowest BCUT2D eigenvalue weighted by Gasteiger charge is -2.30. The topological polar surface area (TPSA) is 75.4 Å². The quantitative estimate of drug-likeness (QED) is 0.843. The lowest BCUT2D eigenvalue weighted by Crippen LogP contribution is -2.46. The van der Waals surface area contributed by atoms with Gasteiger partial charge >= 0.3 is 6.03 Å². The molecular formula is C17H23N5O2. The lowest BCUT2D eigenvalue weighted by atomic mass is 10.1. The van der Waals surface area contributed by atoms with Gasteiger partial charge in [0.2, 0.25) is 0 Å². The number of rotatable bonds is 5. The Kier molecular flexibility index (Phi) is 5.08. The molecule has 0 N–H and O–H groups in total. The third-order valence-electron chi connectivity index (χ3n) is 4.45. The Morgan fingerprint density at radius 1 is 1.42 bits per heavy atom. The molecule has 1 saturated heterocycles. The molecule has 0 spiro atoms. The first-order valence-electron chi connectivity index (χ1n) is 8.51.